The SMILES string of the molecule is Cc1cc(-c2ccc(N3CC(C)OC(C)C3)cc2CNC(=O)C2CC2)cc(C)n1. The average molecular weight is 394 g/mol. The van der Waals surface area contributed by atoms with Gasteiger partial charge in [0, 0.05) is 42.6 Å². The molecule has 1 aromatic carbocycles. The first-order valence-electron chi connectivity index (χ1n) is 10.7. The molecule has 0 bridgehead atoms. The Labute approximate surface area is 173 Å². The van der Waals surface area contributed by atoms with Crippen LogP contribution < -0.4 is 10.2 Å². The number of amides is 1. The Morgan fingerprint density at radius 2 is 1.76 bits per heavy atom. The Hall–Kier alpha value is -2.40. The lowest BCUT2D eigenvalue weighted by Crippen LogP contribution is -2.45. The highest BCUT2D eigenvalue weighted by molar-refractivity contribution is 5.81. The van der Waals surface area contributed by atoms with Crippen LogP contribution in [-0.2, 0) is 16.1 Å². The molecule has 0 radical (unpaired) electrons. The molecule has 1 amide bonds. The molecule has 2 aromatic rings. The average Bonchev–Trinajstić information content (AvgIpc) is 3.49. The lowest BCUT2D eigenvalue weighted by molar-refractivity contribution is -0.122. The second-order valence-electron chi connectivity index (χ2n) is 8.63. The standard InChI is InChI=1S/C24H31N3O2/c1-15-9-20(10-16(2)26-15)23-8-7-22(27-13-17(3)29-18(4)14-27)11-21(23)12-25-24(28)19-5-6-19/h7-11,17-19H,5-6,12-14H2,1-4H3,(H,25,28). The second-order valence-corrected chi connectivity index (χ2v) is 8.63. The lowest BCUT2D eigenvalue weighted by Gasteiger charge is -2.37. The number of aromatic nitrogens is 1. The fourth-order valence-corrected chi connectivity index (χ4v) is 4.26. The van der Waals surface area contributed by atoms with Gasteiger partial charge in [0.15, 0.2) is 0 Å². The van der Waals surface area contributed by atoms with Gasteiger partial charge in [0.05, 0.1) is 12.2 Å². The number of ether oxygens (including phenoxy) is 1. The van der Waals surface area contributed by atoms with Crippen LogP contribution in [-0.4, -0.2) is 36.2 Å². The summed E-state index contributed by atoms with van der Waals surface area (Å²) in [5.41, 5.74) is 6.66. The number of rotatable bonds is 5. The van der Waals surface area contributed by atoms with Crippen molar-refractivity contribution in [3.63, 3.8) is 0 Å². The number of carbonyl (C=O) groups is 1. The predicted molar refractivity (Wildman–Crippen MR) is 116 cm³/mol. The van der Waals surface area contributed by atoms with Crippen LogP contribution in [0.25, 0.3) is 11.1 Å². The molecule has 4 rings (SSSR count). The molecule has 154 valence electrons. The molecule has 0 spiro atoms. The van der Waals surface area contributed by atoms with Crippen molar-refractivity contribution in [2.75, 3.05) is 18.0 Å². The number of carbonyl (C=O) groups excluding carboxylic acids is 1. The molecule has 1 saturated carbocycles. The highest BCUT2D eigenvalue weighted by Gasteiger charge is 2.29. The minimum Gasteiger partial charge on any atom is -0.372 e. The van der Waals surface area contributed by atoms with Crippen molar-refractivity contribution in [1.82, 2.24) is 10.3 Å². The van der Waals surface area contributed by atoms with E-state index in [9.17, 15) is 4.79 Å². The molecule has 2 heterocycles. The van der Waals surface area contributed by atoms with Crippen LogP contribution in [0.1, 0.15) is 43.6 Å². The van der Waals surface area contributed by atoms with Crippen LogP contribution in [0.15, 0.2) is 30.3 Å². The van der Waals surface area contributed by atoms with Gasteiger partial charge in [0.1, 0.15) is 0 Å². The fourth-order valence-electron chi connectivity index (χ4n) is 4.26. The molecule has 2 unspecified atom stereocenters. The van der Waals surface area contributed by atoms with E-state index in [1.807, 2.05) is 13.8 Å². The van der Waals surface area contributed by atoms with Crippen LogP contribution in [0.3, 0.4) is 0 Å². The first-order chi connectivity index (χ1) is 13.9. The zero-order valence-corrected chi connectivity index (χ0v) is 17.9. The number of nitrogens with zero attached hydrogens (tertiary/aromatic N) is 2. The molecule has 2 fully saturated rings. The fraction of sp³-hybridized carbons (Fsp3) is 0.500. The van der Waals surface area contributed by atoms with Crippen molar-refractivity contribution in [3.8, 4) is 11.1 Å². The van der Waals surface area contributed by atoms with Crippen molar-refractivity contribution in [2.24, 2.45) is 5.92 Å². The third kappa shape index (κ3) is 4.78. The maximum absolute atomic E-state index is 12.3. The summed E-state index contributed by atoms with van der Waals surface area (Å²) in [6.45, 7) is 10.6. The summed E-state index contributed by atoms with van der Waals surface area (Å²) in [5, 5.41) is 3.15. The van der Waals surface area contributed by atoms with Gasteiger partial charge in [-0.2, -0.15) is 0 Å². The van der Waals surface area contributed by atoms with Crippen molar-refractivity contribution < 1.29 is 9.53 Å². The molecule has 1 aromatic heterocycles. The molecule has 2 atom stereocenters. The van der Waals surface area contributed by atoms with Crippen LogP contribution in [0.4, 0.5) is 5.69 Å². The Kier molecular flexibility index (Phi) is 5.59. The second kappa shape index (κ2) is 8.15. The third-order valence-electron chi connectivity index (χ3n) is 5.67. The van der Waals surface area contributed by atoms with E-state index in [1.165, 1.54) is 5.69 Å². The summed E-state index contributed by atoms with van der Waals surface area (Å²) in [7, 11) is 0. The number of aryl methyl sites for hydroxylation is 2. The highest BCUT2D eigenvalue weighted by atomic mass is 16.5. The molecule has 1 aliphatic heterocycles. The molecule has 1 N–H and O–H groups in total. The number of nitrogens with one attached hydrogen (secondary N) is 1. The number of morpholine rings is 1. The summed E-state index contributed by atoms with van der Waals surface area (Å²) < 4.78 is 5.89. The van der Waals surface area contributed by atoms with Gasteiger partial charge in [-0.1, -0.05) is 6.07 Å². The summed E-state index contributed by atoms with van der Waals surface area (Å²) >= 11 is 0. The normalized spacial score (nSPS) is 21.9. The van der Waals surface area contributed by atoms with Crippen molar-refractivity contribution in [2.45, 2.75) is 59.3 Å². The number of hydrogen-bond acceptors (Lipinski definition) is 4. The summed E-state index contributed by atoms with van der Waals surface area (Å²) in [6.07, 6.45) is 2.46. The van der Waals surface area contributed by atoms with Crippen LogP contribution in [0.5, 0.6) is 0 Å². The maximum atomic E-state index is 12.3. The van der Waals surface area contributed by atoms with Crippen LogP contribution >= 0.6 is 0 Å². The van der Waals surface area contributed by atoms with E-state index in [-0.39, 0.29) is 24.0 Å². The van der Waals surface area contributed by atoms with E-state index >= 15 is 0 Å². The molecule has 5 nitrogen and oxygen atoms in total. The summed E-state index contributed by atoms with van der Waals surface area (Å²) in [4.78, 5) is 19.2. The van der Waals surface area contributed by atoms with Crippen molar-refractivity contribution in [1.29, 1.82) is 0 Å². The summed E-state index contributed by atoms with van der Waals surface area (Å²) in [6, 6.07) is 10.9. The highest BCUT2D eigenvalue weighted by Crippen LogP contribution is 2.32. The van der Waals surface area contributed by atoms with E-state index in [1.54, 1.807) is 0 Å². The van der Waals surface area contributed by atoms with E-state index in [0.717, 1.165) is 54.0 Å². The Morgan fingerprint density at radius 3 is 2.38 bits per heavy atom. The Balaban J connectivity index is 1.66. The van der Waals surface area contributed by atoms with Crippen LogP contribution in [0, 0.1) is 19.8 Å². The van der Waals surface area contributed by atoms with E-state index in [4.69, 9.17) is 4.74 Å². The molecule has 5 heteroatoms. The Morgan fingerprint density at radius 1 is 1.10 bits per heavy atom. The van der Waals surface area contributed by atoms with Gasteiger partial charge in [-0.05, 0) is 81.5 Å². The van der Waals surface area contributed by atoms with E-state index < -0.39 is 0 Å². The first kappa shape index (κ1) is 19.9. The van der Waals surface area contributed by atoms with Gasteiger partial charge in [0.2, 0.25) is 5.91 Å². The van der Waals surface area contributed by atoms with Gasteiger partial charge in [-0.3, -0.25) is 9.78 Å². The molecule has 2 aliphatic rings. The minimum absolute atomic E-state index is 0.178. The van der Waals surface area contributed by atoms with E-state index in [0.29, 0.717) is 6.54 Å². The third-order valence-corrected chi connectivity index (χ3v) is 5.67. The smallest absolute Gasteiger partial charge is 0.223 e. The molecule has 29 heavy (non-hydrogen) atoms. The minimum atomic E-state index is 0.178. The van der Waals surface area contributed by atoms with Gasteiger partial charge in [-0.15, -0.1) is 0 Å². The molecular formula is C24H31N3O2. The number of pyridine rings is 1. The zero-order valence-electron chi connectivity index (χ0n) is 17.9. The monoisotopic (exact) mass is 393 g/mol. The predicted octanol–water partition coefficient (Wildman–Crippen LogP) is 4.01. The maximum Gasteiger partial charge on any atom is 0.223 e. The van der Waals surface area contributed by atoms with Gasteiger partial charge in [-0.25, -0.2) is 0 Å². The van der Waals surface area contributed by atoms with Gasteiger partial charge in [0.25, 0.3) is 0 Å². The summed E-state index contributed by atoms with van der Waals surface area (Å²) in [5.74, 6) is 0.394. The topological polar surface area (TPSA) is 54.5 Å². The lowest BCUT2D eigenvalue weighted by atomic mass is 9.97. The van der Waals surface area contributed by atoms with Gasteiger partial charge >= 0.3 is 0 Å². The molecule has 1 saturated heterocycles. The molecular weight excluding hydrogens is 362 g/mol. The quantitative estimate of drug-likeness (QED) is 0.834. The zero-order chi connectivity index (χ0) is 20.5. The number of benzene rings is 1. The van der Waals surface area contributed by atoms with Gasteiger partial charge < -0.3 is 15.0 Å². The number of hydrogen-bond donors (Lipinski definition) is 1. The number of anilines is 1. The Bertz CT molecular complexity index is 877. The first-order valence-corrected chi connectivity index (χ1v) is 10.7. The van der Waals surface area contributed by atoms with Crippen molar-refractivity contribution in [3.05, 3.63) is 47.3 Å². The van der Waals surface area contributed by atoms with E-state index in [2.05, 4.69) is 59.4 Å². The molecule has 1 aliphatic carbocycles. The largest absolute Gasteiger partial charge is 0.372 e. The van der Waals surface area contributed by atoms with Crippen molar-refractivity contribution >= 4 is 11.6 Å². The van der Waals surface area contributed by atoms with Crippen LogP contribution in [0.2, 0.25) is 0 Å².